The number of nitriles is 1. The molecule has 0 aliphatic carbocycles. The van der Waals surface area contributed by atoms with Gasteiger partial charge in [-0.3, -0.25) is 0 Å². The zero-order chi connectivity index (χ0) is 13.0. The van der Waals surface area contributed by atoms with Gasteiger partial charge in [0.05, 0.1) is 24.1 Å². The Balaban J connectivity index is 3.47. The predicted molar refractivity (Wildman–Crippen MR) is 54.3 cm³/mol. The molecular weight excluding hydrogens is 232 g/mol. The Kier molecular flexibility index (Phi) is 3.93. The molecule has 2 N–H and O–H groups in total. The van der Waals surface area contributed by atoms with E-state index in [0.29, 0.717) is 0 Å². The van der Waals surface area contributed by atoms with Crippen LogP contribution in [0.1, 0.15) is 35.0 Å². The third kappa shape index (κ3) is 2.47. The first-order chi connectivity index (χ1) is 8.02. The predicted octanol–water partition coefficient (Wildman–Crippen LogP) is 1.65. The minimum Gasteiger partial charge on any atom is -0.462 e. The lowest BCUT2D eigenvalue weighted by Gasteiger charge is -2.11. The van der Waals surface area contributed by atoms with Gasteiger partial charge in [-0.25, -0.2) is 18.6 Å². The number of nitrogen functional groups attached to an aromatic ring is 1. The van der Waals surface area contributed by atoms with Crippen LogP contribution in [-0.2, 0) is 4.74 Å². The highest BCUT2D eigenvalue weighted by molar-refractivity contribution is 5.94. The van der Waals surface area contributed by atoms with Crippen molar-refractivity contribution in [3.05, 3.63) is 23.0 Å². The number of ether oxygens (including phenoxy) is 1. The second kappa shape index (κ2) is 5.21. The summed E-state index contributed by atoms with van der Waals surface area (Å²) >= 11 is 0. The molecule has 1 aromatic heterocycles. The fourth-order valence-electron chi connectivity index (χ4n) is 1.27. The van der Waals surface area contributed by atoms with Crippen molar-refractivity contribution in [2.45, 2.75) is 13.3 Å². The Labute approximate surface area is 95.8 Å². The molecule has 17 heavy (non-hydrogen) atoms. The number of rotatable bonds is 3. The van der Waals surface area contributed by atoms with Crippen molar-refractivity contribution in [3.8, 4) is 6.07 Å². The lowest BCUT2D eigenvalue weighted by molar-refractivity contribution is 0.0514. The van der Waals surface area contributed by atoms with Crippen molar-refractivity contribution in [1.82, 2.24) is 4.98 Å². The van der Waals surface area contributed by atoms with Gasteiger partial charge in [0.15, 0.2) is 5.69 Å². The molecule has 1 rings (SSSR count). The van der Waals surface area contributed by atoms with E-state index in [2.05, 4.69) is 9.72 Å². The highest BCUT2D eigenvalue weighted by atomic mass is 19.3. The number of hydrogen-bond acceptors (Lipinski definition) is 5. The molecule has 0 aliphatic heterocycles. The van der Waals surface area contributed by atoms with Crippen LogP contribution in [-0.4, -0.2) is 17.6 Å². The maximum Gasteiger partial charge on any atom is 0.341 e. The van der Waals surface area contributed by atoms with Gasteiger partial charge in [-0.15, -0.1) is 0 Å². The van der Waals surface area contributed by atoms with Gasteiger partial charge in [-0.2, -0.15) is 5.26 Å². The first-order valence-corrected chi connectivity index (χ1v) is 4.66. The third-order valence-electron chi connectivity index (χ3n) is 1.95. The van der Waals surface area contributed by atoms with Crippen LogP contribution in [0.2, 0.25) is 0 Å². The van der Waals surface area contributed by atoms with Crippen LogP contribution >= 0.6 is 0 Å². The molecule has 0 amide bonds. The van der Waals surface area contributed by atoms with E-state index in [1.807, 2.05) is 0 Å². The minimum absolute atomic E-state index is 0.00117. The van der Waals surface area contributed by atoms with Gasteiger partial charge in [0.2, 0.25) is 0 Å². The summed E-state index contributed by atoms with van der Waals surface area (Å²) < 4.78 is 30.2. The number of aromatic nitrogens is 1. The number of nitrogens with zero attached hydrogens (tertiary/aromatic N) is 2. The quantitative estimate of drug-likeness (QED) is 0.812. The molecule has 0 aromatic carbocycles. The summed E-state index contributed by atoms with van der Waals surface area (Å²) in [6.45, 7) is 1.52. The SMILES string of the molecule is CCOC(=O)c1c(C#N)ncc(N)c1C(F)F. The molecule has 90 valence electrons. The van der Waals surface area contributed by atoms with Crippen LogP contribution in [0.25, 0.3) is 0 Å². The summed E-state index contributed by atoms with van der Waals surface area (Å²) in [4.78, 5) is 15.0. The normalized spacial score (nSPS) is 10.1. The molecule has 0 saturated carbocycles. The number of hydrogen-bond donors (Lipinski definition) is 1. The van der Waals surface area contributed by atoms with Crippen LogP contribution in [0.15, 0.2) is 6.20 Å². The maximum atomic E-state index is 12.8. The van der Waals surface area contributed by atoms with Crippen molar-refractivity contribution < 1.29 is 18.3 Å². The molecule has 0 spiro atoms. The summed E-state index contributed by atoms with van der Waals surface area (Å²) in [6, 6.07) is 1.56. The number of halogens is 2. The van der Waals surface area contributed by atoms with Crippen LogP contribution in [0.5, 0.6) is 0 Å². The Bertz CT molecular complexity index is 483. The van der Waals surface area contributed by atoms with E-state index in [1.54, 1.807) is 6.07 Å². The van der Waals surface area contributed by atoms with Crippen molar-refractivity contribution in [1.29, 1.82) is 5.26 Å². The topological polar surface area (TPSA) is 89.0 Å². The fourth-order valence-corrected chi connectivity index (χ4v) is 1.27. The van der Waals surface area contributed by atoms with E-state index in [9.17, 15) is 13.6 Å². The Morgan fingerprint density at radius 3 is 2.82 bits per heavy atom. The molecule has 0 fully saturated rings. The van der Waals surface area contributed by atoms with Gasteiger partial charge in [0.25, 0.3) is 6.43 Å². The number of nitrogens with two attached hydrogens (primary N) is 1. The number of carbonyl (C=O) groups excluding carboxylic acids is 1. The van der Waals surface area contributed by atoms with Crippen LogP contribution in [0.4, 0.5) is 14.5 Å². The standard InChI is InChI=1S/C10H9F2N3O2/c1-2-17-10(16)8-6(3-13)15-4-5(14)7(8)9(11)12/h4,9H,2,14H2,1H3. The monoisotopic (exact) mass is 241 g/mol. The second-order valence-corrected chi connectivity index (χ2v) is 2.98. The molecule has 0 unspecified atom stereocenters. The van der Waals surface area contributed by atoms with E-state index < -0.39 is 29.2 Å². The van der Waals surface area contributed by atoms with E-state index >= 15 is 0 Å². The molecule has 1 heterocycles. The molecule has 0 atom stereocenters. The van der Waals surface area contributed by atoms with Crippen molar-refractivity contribution in [2.75, 3.05) is 12.3 Å². The number of pyridine rings is 1. The van der Waals surface area contributed by atoms with Gasteiger partial charge in [-0.05, 0) is 6.92 Å². The molecule has 5 nitrogen and oxygen atoms in total. The first kappa shape index (κ1) is 12.8. The Hall–Kier alpha value is -2.23. The van der Waals surface area contributed by atoms with E-state index in [-0.39, 0.29) is 12.3 Å². The van der Waals surface area contributed by atoms with Crippen molar-refractivity contribution in [2.24, 2.45) is 0 Å². The largest absolute Gasteiger partial charge is 0.462 e. The molecular formula is C10H9F2N3O2. The summed E-state index contributed by atoms with van der Waals surface area (Å²) in [5, 5.41) is 8.73. The van der Waals surface area contributed by atoms with Crippen molar-refractivity contribution in [3.63, 3.8) is 0 Å². The Morgan fingerprint density at radius 1 is 1.71 bits per heavy atom. The highest BCUT2D eigenvalue weighted by Gasteiger charge is 2.26. The van der Waals surface area contributed by atoms with Gasteiger partial charge < -0.3 is 10.5 Å². The molecule has 0 aliphatic rings. The number of esters is 1. The zero-order valence-electron chi connectivity index (χ0n) is 8.91. The van der Waals surface area contributed by atoms with Gasteiger partial charge in [0.1, 0.15) is 11.6 Å². The third-order valence-corrected chi connectivity index (χ3v) is 1.95. The van der Waals surface area contributed by atoms with Gasteiger partial charge in [-0.1, -0.05) is 0 Å². The lowest BCUT2D eigenvalue weighted by Crippen LogP contribution is -2.14. The number of carbonyl (C=O) groups is 1. The average molecular weight is 241 g/mol. The van der Waals surface area contributed by atoms with E-state index in [1.165, 1.54) is 6.92 Å². The summed E-state index contributed by atoms with van der Waals surface area (Å²) in [5.41, 5.74) is 3.27. The molecule has 1 aromatic rings. The molecule has 0 radical (unpaired) electrons. The number of alkyl halides is 2. The molecule has 7 heteroatoms. The fraction of sp³-hybridized carbons (Fsp3) is 0.300. The van der Waals surface area contributed by atoms with Crippen LogP contribution in [0, 0.1) is 11.3 Å². The highest BCUT2D eigenvalue weighted by Crippen LogP contribution is 2.30. The zero-order valence-corrected chi connectivity index (χ0v) is 8.91. The van der Waals surface area contributed by atoms with Crippen molar-refractivity contribution >= 4 is 11.7 Å². The van der Waals surface area contributed by atoms with Gasteiger partial charge >= 0.3 is 5.97 Å². The van der Waals surface area contributed by atoms with Gasteiger partial charge in [0, 0.05) is 0 Å². The number of anilines is 1. The maximum absolute atomic E-state index is 12.8. The smallest absolute Gasteiger partial charge is 0.341 e. The Morgan fingerprint density at radius 2 is 2.35 bits per heavy atom. The average Bonchev–Trinajstić information content (AvgIpc) is 2.28. The lowest BCUT2D eigenvalue weighted by atomic mass is 10.1. The summed E-state index contributed by atoms with van der Waals surface area (Å²) in [7, 11) is 0. The molecule has 0 saturated heterocycles. The summed E-state index contributed by atoms with van der Waals surface area (Å²) in [5.74, 6) is -1.03. The van der Waals surface area contributed by atoms with E-state index in [0.717, 1.165) is 6.20 Å². The second-order valence-electron chi connectivity index (χ2n) is 2.98. The van der Waals surface area contributed by atoms with Crippen LogP contribution in [0.3, 0.4) is 0 Å². The molecule has 0 bridgehead atoms. The summed E-state index contributed by atoms with van der Waals surface area (Å²) in [6.07, 6.45) is -2.06. The first-order valence-electron chi connectivity index (χ1n) is 4.66. The van der Waals surface area contributed by atoms with Crippen LogP contribution < -0.4 is 5.73 Å². The minimum atomic E-state index is -2.98. The van der Waals surface area contributed by atoms with E-state index in [4.69, 9.17) is 11.0 Å².